The average molecular weight is 254 g/mol. The highest BCUT2D eigenvalue weighted by Gasteiger charge is 2.24. The molecule has 1 amide bonds. The first-order chi connectivity index (χ1) is 8.08. The smallest absolute Gasteiger partial charge is 0.347 e. The molecular weight excluding hydrogens is 240 g/mol. The van der Waals surface area contributed by atoms with E-state index in [0.29, 0.717) is 5.92 Å². The molecular formula is C11H14N2O3S. The molecule has 0 atom stereocenters. The van der Waals surface area contributed by atoms with Gasteiger partial charge in [-0.15, -0.1) is 11.3 Å². The van der Waals surface area contributed by atoms with Crippen LogP contribution in [0.2, 0.25) is 0 Å². The summed E-state index contributed by atoms with van der Waals surface area (Å²) in [6, 6.07) is 0. The molecule has 0 unspecified atom stereocenters. The SMILES string of the molecule is CC(=O)N1CCC(c2ncc(C(=O)O)s2)CC1. The first-order valence-corrected chi connectivity index (χ1v) is 6.34. The van der Waals surface area contributed by atoms with Gasteiger partial charge >= 0.3 is 5.97 Å². The predicted molar refractivity (Wildman–Crippen MR) is 63.3 cm³/mol. The van der Waals surface area contributed by atoms with Gasteiger partial charge in [0, 0.05) is 25.9 Å². The van der Waals surface area contributed by atoms with Gasteiger partial charge in [-0.3, -0.25) is 4.79 Å². The number of amides is 1. The Morgan fingerprint density at radius 2 is 2.12 bits per heavy atom. The van der Waals surface area contributed by atoms with E-state index >= 15 is 0 Å². The Labute approximate surface area is 103 Å². The predicted octanol–water partition coefficient (Wildman–Crippen LogP) is 1.57. The van der Waals surface area contributed by atoms with Gasteiger partial charge in [-0.05, 0) is 12.8 Å². The third-order valence-electron chi connectivity index (χ3n) is 3.02. The lowest BCUT2D eigenvalue weighted by molar-refractivity contribution is -0.129. The quantitative estimate of drug-likeness (QED) is 0.869. The number of hydrogen-bond donors (Lipinski definition) is 1. The molecule has 1 aliphatic heterocycles. The second-order valence-electron chi connectivity index (χ2n) is 4.15. The van der Waals surface area contributed by atoms with Crippen molar-refractivity contribution in [1.29, 1.82) is 0 Å². The van der Waals surface area contributed by atoms with Gasteiger partial charge in [0.1, 0.15) is 4.88 Å². The fraction of sp³-hybridized carbons (Fsp3) is 0.545. The summed E-state index contributed by atoms with van der Waals surface area (Å²) in [5.74, 6) is -0.521. The molecule has 2 rings (SSSR count). The zero-order chi connectivity index (χ0) is 12.4. The number of aromatic nitrogens is 1. The third-order valence-corrected chi connectivity index (χ3v) is 4.17. The Kier molecular flexibility index (Phi) is 3.42. The fourth-order valence-corrected chi connectivity index (χ4v) is 2.94. The number of piperidine rings is 1. The highest BCUT2D eigenvalue weighted by Crippen LogP contribution is 2.30. The molecule has 1 aromatic heterocycles. The number of rotatable bonds is 2. The molecule has 0 radical (unpaired) electrons. The Hall–Kier alpha value is -1.43. The van der Waals surface area contributed by atoms with Crippen LogP contribution in [0.3, 0.4) is 0 Å². The summed E-state index contributed by atoms with van der Waals surface area (Å²) < 4.78 is 0. The van der Waals surface area contributed by atoms with Crippen LogP contribution in [0.15, 0.2) is 6.20 Å². The van der Waals surface area contributed by atoms with Crippen molar-refractivity contribution in [1.82, 2.24) is 9.88 Å². The molecule has 0 aliphatic carbocycles. The molecule has 0 bridgehead atoms. The van der Waals surface area contributed by atoms with Crippen LogP contribution in [0, 0.1) is 0 Å². The van der Waals surface area contributed by atoms with Crippen molar-refractivity contribution in [3.05, 3.63) is 16.1 Å². The Balaban J connectivity index is 2.00. The van der Waals surface area contributed by atoms with Crippen molar-refractivity contribution < 1.29 is 14.7 Å². The normalized spacial score (nSPS) is 17.1. The second kappa shape index (κ2) is 4.83. The van der Waals surface area contributed by atoms with Crippen molar-refractivity contribution in [3.8, 4) is 0 Å². The zero-order valence-corrected chi connectivity index (χ0v) is 10.4. The van der Waals surface area contributed by atoms with E-state index < -0.39 is 5.97 Å². The summed E-state index contributed by atoms with van der Waals surface area (Å²) in [5, 5.41) is 9.71. The van der Waals surface area contributed by atoms with Crippen LogP contribution < -0.4 is 0 Å². The molecule has 0 spiro atoms. The van der Waals surface area contributed by atoms with Crippen LogP contribution in [0.5, 0.6) is 0 Å². The molecule has 1 fully saturated rings. The van der Waals surface area contributed by atoms with Gasteiger partial charge in [0.25, 0.3) is 0 Å². The maximum Gasteiger partial charge on any atom is 0.347 e. The standard InChI is InChI=1S/C11H14N2O3S/c1-7(14)13-4-2-8(3-5-13)10-12-6-9(17-10)11(15)16/h6,8H,2-5H2,1H3,(H,15,16). The first kappa shape index (κ1) is 12.0. The van der Waals surface area contributed by atoms with Gasteiger partial charge in [-0.2, -0.15) is 0 Å². The molecule has 92 valence electrons. The zero-order valence-electron chi connectivity index (χ0n) is 9.55. The number of carbonyl (C=O) groups excluding carboxylic acids is 1. The van der Waals surface area contributed by atoms with Gasteiger partial charge in [-0.25, -0.2) is 9.78 Å². The fourth-order valence-electron chi connectivity index (χ4n) is 2.02. The van der Waals surface area contributed by atoms with Crippen molar-refractivity contribution in [2.75, 3.05) is 13.1 Å². The summed E-state index contributed by atoms with van der Waals surface area (Å²) in [5.41, 5.74) is 0. The summed E-state index contributed by atoms with van der Waals surface area (Å²) in [4.78, 5) is 28.2. The number of nitrogens with zero attached hydrogens (tertiary/aromatic N) is 2. The molecule has 0 saturated carbocycles. The van der Waals surface area contributed by atoms with E-state index in [1.807, 2.05) is 4.90 Å². The van der Waals surface area contributed by atoms with E-state index in [4.69, 9.17) is 5.11 Å². The molecule has 6 heteroatoms. The monoisotopic (exact) mass is 254 g/mol. The lowest BCUT2D eigenvalue weighted by Gasteiger charge is -2.30. The minimum atomic E-state index is -0.921. The number of carboxylic acids is 1. The van der Waals surface area contributed by atoms with E-state index in [9.17, 15) is 9.59 Å². The van der Waals surface area contributed by atoms with E-state index in [1.165, 1.54) is 17.5 Å². The van der Waals surface area contributed by atoms with Crippen LogP contribution in [-0.2, 0) is 4.79 Å². The number of aromatic carboxylic acids is 1. The summed E-state index contributed by atoms with van der Waals surface area (Å²) >= 11 is 1.24. The Bertz CT molecular complexity index is 436. The highest BCUT2D eigenvalue weighted by atomic mass is 32.1. The molecule has 1 aromatic rings. The van der Waals surface area contributed by atoms with Crippen LogP contribution in [-0.4, -0.2) is 40.0 Å². The highest BCUT2D eigenvalue weighted by molar-refractivity contribution is 7.13. The van der Waals surface area contributed by atoms with Crippen molar-refractivity contribution in [2.24, 2.45) is 0 Å². The minimum Gasteiger partial charge on any atom is -0.477 e. The van der Waals surface area contributed by atoms with Crippen LogP contribution in [0.4, 0.5) is 0 Å². The van der Waals surface area contributed by atoms with Crippen molar-refractivity contribution in [2.45, 2.75) is 25.7 Å². The maximum absolute atomic E-state index is 11.2. The number of carbonyl (C=O) groups is 2. The van der Waals surface area contributed by atoms with Crippen molar-refractivity contribution in [3.63, 3.8) is 0 Å². The number of thiazole rings is 1. The summed E-state index contributed by atoms with van der Waals surface area (Å²) in [6.45, 7) is 3.05. The largest absolute Gasteiger partial charge is 0.477 e. The van der Waals surface area contributed by atoms with Crippen LogP contribution in [0.1, 0.15) is 40.4 Å². The summed E-state index contributed by atoms with van der Waals surface area (Å²) in [6.07, 6.45) is 3.15. The van der Waals surface area contributed by atoms with Gasteiger partial charge in [-0.1, -0.05) is 0 Å². The van der Waals surface area contributed by atoms with E-state index in [2.05, 4.69) is 4.98 Å². The molecule has 17 heavy (non-hydrogen) atoms. The Morgan fingerprint density at radius 3 is 2.59 bits per heavy atom. The van der Waals surface area contributed by atoms with E-state index in [-0.39, 0.29) is 10.8 Å². The molecule has 1 N–H and O–H groups in total. The van der Waals surface area contributed by atoms with E-state index in [0.717, 1.165) is 30.9 Å². The summed E-state index contributed by atoms with van der Waals surface area (Å²) in [7, 11) is 0. The molecule has 1 aliphatic rings. The maximum atomic E-state index is 11.2. The lowest BCUT2D eigenvalue weighted by Crippen LogP contribution is -2.36. The van der Waals surface area contributed by atoms with Crippen LogP contribution in [0.25, 0.3) is 0 Å². The lowest BCUT2D eigenvalue weighted by atomic mass is 9.97. The minimum absolute atomic E-state index is 0.105. The number of likely N-dealkylation sites (tertiary alicyclic amines) is 1. The number of carboxylic acid groups (broad SMARTS) is 1. The van der Waals surface area contributed by atoms with Gasteiger partial charge in [0.2, 0.25) is 5.91 Å². The average Bonchev–Trinajstić information content (AvgIpc) is 2.78. The van der Waals surface area contributed by atoms with Crippen molar-refractivity contribution >= 4 is 23.2 Å². The topological polar surface area (TPSA) is 70.5 Å². The van der Waals surface area contributed by atoms with E-state index in [1.54, 1.807) is 6.92 Å². The van der Waals surface area contributed by atoms with Gasteiger partial charge < -0.3 is 10.0 Å². The molecule has 2 heterocycles. The molecule has 1 saturated heterocycles. The van der Waals surface area contributed by atoms with Gasteiger partial charge in [0.05, 0.1) is 11.2 Å². The molecule has 0 aromatic carbocycles. The van der Waals surface area contributed by atoms with Crippen LogP contribution >= 0.6 is 11.3 Å². The number of hydrogen-bond acceptors (Lipinski definition) is 4. The Morgan fingerprint density at radius 1 is 1.47 bits per heavy atom. The second-order valence-corrected chi connectivity index (χ2v) is 5.21. The third kappa shape index (κ3) is 2.63. The van der Waals surface area contributed by atoms with Gasteiger partial charge in [0.15, 0.2) is 0 Å². The molecule has 5 nitrogen and oxygen atoms in total. The first-order valence-electron chi connectivity index (χ1n) is 5.52.